The minimum Gasteiger partial charge on any atom is -0.383 e. The summed E-state index contributed by atoms with van der Waals surface area (Å²) in [4.78, 5) is 13.6. The molecule has 0 bridgehead atoms. The Bertz CT molecular complexity index is 613. The van der Waals surface area contributed by atoms with Crippen LogP contribution in [0.1, 0.15) is 22.5 Å². The Labute approximate surface area is 125 Å². The molecule has 0 aliphatic rings. The van der Waals surface area contributed by atoms with Crippen molar-refractivity contribution in [1.29, 1.82) is 0 Å². The first kappa shape index (κ1) is 15.5. The summed E-state index contributed by atoms with van der Waals surface area (Å²) in [6.07, 6.45) is 1.85. The molecule has 0 amide bonds. The zero-order valence-electron chi connectivity index (χ0n) is 13.1. The normalized spacial score (nSPS) is 10.9. The van der Waals surface area contributed by atoms with Crippen LogP contribution in [0.2, 0.25) is 0 Å². The van der Waals surface area contributed by atoms with Gasteiger partial charge in [-0.2, -0.15) is 0 Å². The molecule has 0 unspecified atom stereocenters. The SMILES string of the molecule is COCCNCc1cc(C)nc(-c2ncc(C)cc2C)n1. The van der Waals surface area contributed by atoms with Gasteiger partial charge in [-0.1, -0.05) is 6.07 Å². The fraction of sp³-hybridized carbons (Fsp3) is 0.438. The van der Waals surface area contributed by atoms with E-state index in [-0.39, 0.29) is 0 Å². The third kappa shape index (κ3) is 4.31. The predicted octanol–water partition coefficient (Wildman–Crippen LogP) is 2.20. The number of aryl methyl sites for hydroxylation is 3. The van der Waals surface area contributed by atoms with Gasteiger partial charge < -0.3 is 10.1 Å². The van der Waals surface area contributed by atoms with Crippen LogP contribution in [0.3, 0.4) is 0 Å². The van der Waals surface area contributed by atoms with E-state index < -0.39 is 0 Å². The molecule has 2 heterocycles. The van der Waals surface area contributed by atoms with Crippen LogP contribution in [-0.2, 0) is 11.3 Å². The third-order valence-electron chi connectivity index (χ3n) is 3.12. The number of nitrogens with zero attached hydrogens (tertiary/aromatic N) is 3. The predicted molar refractivity (Wildman–Crippen MR) is 83.1 cm³/mol. The van der Waals surface area contributed by atoms with Crippen LogP contribution in [0, 0.1) is 20.8 Å². The molecular formula is C16H22N4O. The number of rotatable bonds is 6. The molecule has 2 rings (SSSR count). The maximum absolute atomic E-state index is 5.02. The van der Waals surface area contributed by atoms with E-state index in [1.807, 2.05) is 33.0 Å². The monoisotopic (exact) mass is 286 g/mol. The molecule has 0 saturated carbocycles. The number of ether oxygens (including phenoxy) is 1. The van der Waals surface area contributed by atoms with Gasteiger partial charge in [0.05, 0.1) is 12.3 Å². The smallest absolute Gasteiger partial charge is 0.178 e. The molecule has 2 aromatic heterocycles. The molecule has 0 aromatic carbocycles. The largest absolute Gasteiger partial charge is 0.383 e. The van der Waals surface area contributed by atoms with Crippen LogP contribution < -0.4 is 5.32 Å². The van der Waals surface area contributed by atoms with Crippen molar-refractivity contribution in [3.05, 3.63) is 40.8 Å². The van der Waals surface area contributed by atoms with Crippen molar-refractivity contribution >= 4 is 0 Å². The highest BCUT2D eigenvalue weighted by Gasteiger charge is 2.09. The fourth-order valence-corrected chi connectivity index (χ4v) is 2.17. The van der Waals surface area contributed by atoms with Crippen LogP contribution >= 0.6 is 0 Å². The van der Waals surface area contributed by atoms with Gasteiger partial charge in [0, 0.05) is 32.1 Å². The lowest BCUT2D eigenvalue weighted by atomic mass is 10.1. The molecule has 0 spiro atoms. The summed E-state index contributed by atoms with van der Waals surface area (Å²) in [5.74, 6) is 0.691. The quantitative estimate of drug-likeness (QED) is 0.825. The highest BCUT2D eigenvalue weighted by Crippen LogP contribution is 2.18. The Morgan fingerprint density at radius 2 is 1.95 bits per heavy atom. The van der Waals surface area contributed by atoms with Crippen LogP contribution in [0.25, 0.3) is 11.5 Å². The van der Waals surface area contributed by atoms with E-state index in [0.717, 1.165) is 34.8 Å². The number of methoxy groups -OCH3 is 1. The summed E-state index contributed by atoms with van der Waals surface area (Å²) < 4.78 is 5.02. The van der Waals surface area contributed by atoms with Gasteiger partial charge in [0.2, 0.25) is 0 Å². The van der Waals surface area contributed by atoms with E-state index in [1.54, 1.807) is 7.11 Å². The standard InChI is InChI=1S/C16H22N4O/c1-11-7-12(2)15(18-9-11)16-19-13(3)8-14(20-16)10-17-5-6-21-4/h7-9,17H,5-6,10H2,1-4H3. The first-order valence-corrected chi connectivity index (χ1v) is 7.08. The molecule has 21 heavy (non-hydrogen) atoms. The molecule has 5 heteroatoms. The van der Waals surface area contributed by atoms with Crippen molar-refractivity contribution in [1.82, 2.24) is 20.3 Å². The van der Waals surface area contributed by atoms with E-state index in [9.17, 15) is 0 Å². The molecule has 112 valence electrons. The van der Waals surface area contributed by atoms with Crippen molar-refractivity contribution in [2.24, 2.45) is 0 Å². The Morgan fingerprint density at radius 1 is 1.14 bits per heavy atom. The van der Waals surface area contributed by atoms with Crippen LogP contribution in [-0.4, -0.2) is 35.2 Å². The van der Waals surface area contributed by atoms with Gasteiger partial charge in [-0.25, -0.2) is 9.97 Å². The van der Waals surface area contributed by atoms with Crippen molar-refractivity contribution in [3.63, 3.8) is 0 Å². The van der Waals surface area contributed by atoms with Crippen molar-refractivity contribution < 1.29 is 4.74 Å². The number of hydrogen-bond acceptors (Lipinski definition) is 5. The maximum Gasteiger partial charge on any atom is 0.178 e. The summed E-state index contributed by atoms with van der Waals surface area (Å²) >= 11 is 0. The topological polar surface area (TPSA) is 59.9 Å². The van der Waals surface area contributed by atoms with Crippen LogP contribution in [0.15, 0.2) is 18.3 Å². The molecule has 1 N–H and O–H groups in total. The van der Waals surface area contributed by atoms with Gasteiger partial charge in [-0.15, -0.1) is 0 Å². The Kier molecular flexibility index (Phi) is 5.36. The lowest BCUT2D eigenvalue weighted by Crippen LogP contribution is -2.19. The van der Waals surface area contributed by atoms with E-state index in [2.05, 4.69) is 26.3 Å². The summed E-state index contributed by atoms with van der Waals surface area (Å²) in [7, 11) is 1.69. The molecule has 0 atom stereocenters. The van der Waals surface area contributed by atoms with E-state index >= 15 is 0 Å². The number of hydrogen-bond donors (Lipinski definition) is 1. The molecule has 0 radical (unpaired) electrons. The van der Waals surface area contributed by atoms with Crippen molar-refractivity contribution in [3.8, 4) is 11.5 Å². The summed E-state index contributed by atoms with van der Waals surface area (Å²) in [6.45, 7) is 8.24. The zero-order chi connectivity index (χ0) is 15.2. The zero-order valence-corrected chi connectivity index (χ0v) is 13.1. The number of pyridine rings is 1. The second-order valence-corrected chi connectivity index (χ2v) is 5.17. The summed E-state index contributed by atoms with van der Waals surface area (Å²) in [6, 6.07) is 4.09. The van der Waals surface area contributed by atoms with Gasteiger partial charge in [0.1, 0.15) is 5.69 Å². The van der Waals surface area contributed by atoms with Gasteiger partial charge in [0.25, 0.3) is 0 Å². The van der Waals surface area contributed by atoms with Crippen molar-refractivity contribution in [2.75, 3.05) is 20.3 Å². The first-order valence-electron chi connectivity index (χ1n) is 7.08. The van der Waals surface area contributed by atoms with Crippen LogP contribution in [0.5, 0.6) is 0 Å². The lowest BCUT2D eigenvalue weighted by Gasteiger charge is -2.09. The summed E-state index contributed by atoms with van der Waals surface area (Å²) in [5.41, 5.74) is 5.01. The Morgan fingerprint density at radius 3 is 2.67 bits per heavy atom. The second kappa shape index (κ2) is 7.24. The maximum atomic E-state index is 5.02. The highest BCUT2D eigenvalue weighted by molar-refractivity contribution is 5.55. The minimum absolute atomic E-state index is 0.690. The number of aromatic nitrogens is 3. The second-order valence-electron chi connectivity index (χ2n) is 5.17. The molecule has 5 nitrogen and oxygen atoms in total. The number of nitrogens with one attached hydrogen (secondary N) is 1. The highest BCUT2D eigenvalue weighted by atomic mass is 16.5. The van der Waals surface area contributed by atoms with E-state index in [1.165, 1.54) is 0 Å². The van der Waals surface area contributed by atoms with Gasteiger partial charge in [0.15, 0.2) is 5.82 Å². The molecule has 0 saturated heterocycles. The fourth-order valence-electron chi connectivity index (χ4n) is 2.17. The van der Waals surface area contributed by atoms with E-state index in [4.69, 9.17) is 4.74 Å². The molecule has 0 fully saturated rings. The average Bonchev–Trinajstić information content (AvgIpc) is 2.43. The minimum atomic E-state index is 0.690. The molecule has 0 aliphatic heterocycles. The molecular weight excluding hydrogens is 264 g/mol. The lowest BCUT2D eigenvalue weighted by molar-refractivity contribution is 0.199. The van der Waals surface area contributed by atoms with Crippen molar-refractivity contribution in [2.45, 2.75) is 27.3 Å². The van der Waals surface area contributed by atoms with Gasteiger partial charge >= 0.3 is 0 Å². The third-order valence-corrected chi connectivity index (χ3v) is 3.12. The first-order chi connectivity index (χ1) is 10.1. The average molecular weight is 286 g/mol. The van der Waals surface area contributed by atoms with Gasteiger partial charge in [-0.05, 0) is 38.0 Å². The molecule has 2 aromatic rings. The Hall–Kier alpha value is -1.85. The van der Waals surface area contributed by atoms with E-state index in [0.29, 0.717) is 19.0 Å². The summed E-state index contributed by atoms with van der Waals surface area (Å²) in [5, 5.41) is 3.30. The molecule has 0 aliphatic carbocycles. The Balaban J connectivity index is 2.22. The van der Waals surface area contributed by atoms with Gasteiger partial charge in [-0.3, -0.25) is 4.98 Å². The van der Waals surface area contributed by atoms with Crippen LogP contribution in [0.4, 0.5) is 0 Å².